The SMILES string of the molecule is CC(NS(=O)(=O)c1cccc(C(N)=S)c1)C1CCCO1. The van der Waals surface area contributed by atoms with Crippen LogP contribution in [0.3, 0.4) is 0 Å². The van der Waals surface area contributed by atoms with Gasteiger partial charge in [0.2, 0.25) is 10.0 Å². The third-order valence-electron chi connectivity index (χ3n) is 3.29. The van der Waals surface area contributed by atoms with Gasteiger partial charge in [-0.3, -0.25) is 0 Å². The fraction of sp³-hybridized carbons (Fsp3) is 0.462. The van der Waals surface area contributed by atoms with E-state index in [0.717, 1.165) is 12.8 Å². The van der Waals surface area contributed by atoms with Crippen molar-refractivity contribution in [1.82, 2.24) is 4.72 Å². The molecule has 1 heterocycles. The fourth-order valence-electron chi connectivity index (χ4n) is 2.20. The number of hydrogen-bond donors (Lipinski definition) is 2. The van der Waals surface area contributed by atoms with Gasteiger partial charge in [0.15, 0.2) is 0 Å². The van der Waals surface area contributed by atoms with Crippen molar-refractivity contribution >= 4 is 27.2 Å². The highest BCUT2D eigenvalue weighted by Gasteiger charge is 2.27. The van der Waals surface area contributed by atoms with Gasteiger partial charge in [0.25, 0.3) is 0 Å². The van der Waals surface area contributed by atoms with E-state index in [1.165, 1.54) is 12.1 Å². The first-order valence-corrected chi connectivity index (χ1v) is 8.33. The van der Waals surface area contributed by atoms with Gasteiger partial charge < -0.3 is 10.5 Å². The average Bonchev–Trinajstić information content (AvgIpc) is 2.92. The van der Waals surface area contributed by atoms with Crippen LogP contribution in [0.5, 0.6) is 0 Å². The van der Waals surface area contributed by atoms with Gasteiger partial charge in [-0.05, 0) is 31.9 Å². The van der Waals surface area contributed by atoms with Crippen LogP contribution in [0.4, 0.5) is 0 Å². The number of ether oxygens (including phenoxy) is 1. The van der Waals surface area contributed by atoms with Crippen molar-refractivity contribution in [3.8, 4) is 0 Å². The molecule has 2 unspecified atom stereocenters. The second kappa shape index (κ2) is 6.17. The first kappa shape index (κ1) is 15.4. The van der Waals surface area contributed by atoms with Gasteiger partial charge in [0.05, 0.1) is 11.0 Å². The third-order valence-corrected chi connectivity index (χ3v) is 5.08. The van der Waals surface area contributed by atoms with Crippen LogP contribution in [-0.2, 0) is 14.8 Å². The Morgan fingerprint density at radius 2 is 2.30 bits per heavy atom. The van der Waals surface area contributed by atoms with Crippen LogP contribution < -0.4 is 10.5 Å². The van der Waals surface area contributed by atoms with Crippen LogP contribution in [0.1, 0.15) is 25.3 Å². The lowest BCUT2D eigenvalue weighted by atomic mass is 10.1. The van der Waals surface area contributed by atoms with E-state index in [-0.39, 0.29) is 22.0 Å². The average molecular weight is 314 g/mol. The van der Waals surface area contributed by atoms with E-state index in [1.54, 1.807) is 12.1 Å². The van der Waals surface area contributed by atoms with Crippen molar-refractivity contribution in [2.75, 3.05) is 6.61 Å². The van der Waals surface area contributed by atoms with Gasteiger partial charge in [-0.25, -0.2) is 13.1 Å². The van der Waals surface area contributed by atoms with E-state index < -0.39 is 10.0 Å². The lowest BCUT2D eigenvalue weighted by Gasteiger charge is -2.20. The molecular formula is C13H18N2O3S2. The maximum Gasteiger partial charge on any atom is 0.240 e. The monoisotopic (exact) mass is 314 g/mol. The van der Waals surface area contributed by atoms with E-state index in [0.29, 0.717) is 12.2 Å². The van der Waals surface area contributed by atoms with Crippen LogP contribution >= 0.6 is 12.2 Å². The van der Waals surface area contributed by atoms with Gasteiger partial charge in [0.1, 0.15) is 4.99 Å². The summed E-state index contributed by atoms with van der Waals surface area (Å²) in [6.45, 7) is 2.50. The van der Waals surface area contributed by atoms with Crippen molar-refractivity contribution < 1.29 is 13.2 Å². The summed E-state index contributed by atoms with van der Waals surface area (Å²) in [6.07, 6.45) is 1.77. The number of hydrogen-bond acceptors (Lipinski definition) is 4. The molecule has 0 radical (unpaired) electrons. The largest absolute Gasteiger partial charge is 0.389 e. The van der Waals surface area contributed by atoms with Gasteiger partial charge in [-0.15, -0.1) is 0 Å². The second-order valence-corrected chi connectivity index (χ2v) is 7.01. The lowest BCUT2D eigenvalue weighted by molar-refractivity contribution is 0.0902. The topological polar surface area (TPSA) is 81.4 Å². The number of nitrogens with one attached hydrogen (secondary N) is 1. The van der Waals surface area contributed by atoms with E-state index >= 15 is 0 Å². The van der Waals surface area contributed by atoms with Gasteiger partial charge in [-0.1, -0.05) is 24.4 Å². The Morgan fingerprint density at radius 1 is 1.55 bits per heavy atom. The van der Waals surface area contributed by atoms with Crippen molar-refractivity contribution in [3.05, 3.63) is 29.8 Å². The summed E-state index contributed by atoms with van der Waals surface area (Å²) in [6, 6.07) is 6.04. The van der Waals surface area contributed by atoms with E-state index in [4.69, 9.17) is 22.7 Å². The highest BCUT2D eigenvalue weighted by atomic mass is 32.2. The highest BCUT2D eigenvalue weighted by molar-refractivity contribution is 7.89. The minimum absolute atomic E-state index is 0.0662. The number of nitrogens with two attached hydrogens (primary N) is 1. The van der Waals surface area contributed by atoms with Gasteiger partial charge in [-0.2, -0.15) is 0 Å². The van der Waals surface area contributed by atoms with Crippen LogP contribution in [0.2, 0.25) is 0 Å². The molecule has 7 heteroatoms. The molecule has 0 aliphatic carbocycles. The fourth-order valence-corrected chi connectivity index (χ4v) is 3.65. The molecule has 1 aliphatic rings. The first-order valence-electron chi connectivity index (χ1n) is 6.44. The standard InChI is InChI=1S/C13H18N2O3S2/c1-9(12-6-3-7-18-12)15-20(16,17)11-5-2-4-10(8-11)13(14)19/h2,4-5,8-9,12,15H,3,6-7H2,1H3,(H2,14,19). The quantitative estimate of drug-likeness (QED) is 0.797. The Hall–Kier alpha value is -1.02. The Morgan fingerprint density at radius 3 is 2.90 bits per heavy atom. The molecule has 0 amide bonds. The normalized spacial score (nSPS) is 20.8. The molecular weight excluding hydrogens is 296 g/mol. The molecule has 3 N–H and O–H groups in total. The zero-order valence-corrected chi connectivity index (χ0v) is 12.8. The van der Waals surface area contributed by atoms with Crippen LogP contribution in [0.15, 0.2) is 29.2 Å². The second-order valence-electron chi connectivity index (χ2n) is 4.85. The minimum atomic E-state index is -3.60. The van der Waals surface area contributed by atoms with Crippen LogP contribution in [-0.4, -0.2) is 32.2 Å². The minimum Gasteiger partial charge on any atom is -0.389 e. The molecule has 1 saturated heterocycles. The van der Waals surface area contributed by atoms with Gasteiger partial charge in [0, 0.05) is 18.2 Å². The zero-order valence-electron chi connectivity index (χ0n) is 11.2. The Balaban J connectivity index is 2.17. The molecule has 1 aliphatic heterocycles. The molecule has 0 saturated carbocycles. The molecule has 5 nitrogen and oxygen atoms in total. The number of thiocarbonyl (C=S) groups is 1. The van der Waals surface area contributed by atoms with E-state index in [9.17, 15) is 8.42 Å². The molecule has 1 fully saturated rings. The van der Waals surface area contributed by atoms with E-state index in [2.05, 4.69) is 4.72 Å². The summed E-state index contributed by atoms with van der Waals surface area (Å²) >= 11 is 4.86. The molecule has 1 aromatic rings. The van der Waals surface area contributed by atoms with Crippen molar-refractivity contribution in [1.29, 1.82) is 0 Å². The third kappa shape index (κ3) is 3.54. The summed E-state index contributed by atoms with van der Waals surface area (Å²) in [4.78, 5) is 0.335. The molecule has 2 atom stereocenters. The van der Waals surface area contributed by atoms with Crippen LogP contribution in [0.25, 0.3) is 0 Å². The maximum absolute atomic E-state index is 12.3. The zero-order chi connectivity index (χ0) is 14.8. The van der Waals surface area contributed by atoms with Crippen molar-refractivity contribution in [2.24, 2.45) is 5.73 Å². The molecule has 2 rings (SSSR count). The maximum atomic E-state index is 12.3. The predicted molar refractivity (Wildman–Crippen MR) is 81.1 cm³/mol. The van der Waals surface area contributed by atoms with Crippen LogP contribution in [0, 0.1) is 0 Å². The molecule has 0 bridgehead atoms. The number of rotatable bonds is 5. The molecule has 0 aromatic heterocycles. The first-order chi connectivity index (χ1) is 9.40. The summed E-state index contributed by atoms with van der Waals surface area (Å²) in [7, 11) is -3.60. The number of benzene rings is 1. The Kier molecular flexibility index (Phi) is 4.74. The molecule has 110 valence electrons. The Bertz CT molecular complexity index is 595. The van der Waals surface area contributed by atoms with Crippen molar-refractivity contribution in [2.45, 2.75) is 36.8 Å². The number of sulfonamides is 1. The summed E-state index contributed by atoms with van der Waals surface area (Å²) in [5, 5.41) is 0. The van der Waals surface area contributed by atoms with E-state index in [1.807, 2.05) is 6.92 Å². The molecule has 1 aromatic carbocycles. The predicted octanol–water partition coefficient (Wildman–Crippen LogP) is 1.17. The summed E-state index contributed by atoms with van der Waals surface area (Å²) in [5.41, 5.74) is 6.06. The smallest absolute Gasteiger partial charge is 0.240 e. The Labute approximate surface area is 124 Å². The van der Waals surface area contributed by atoms with Crippen molar-refractivity contribution in [3.63, 3.8) is 0 Å². The van der Waals surface area contributed by atoms with Gasteiger partial charge >= 0.3 is 0 Å². The lowest BCUT2D eigenvalue weighted by Crippen LogP contribution is -2.40. The molecule has 0 spiro atoms. The molecule has 20 heavy (non-hydrogen) atoms. The summed E-state index contributed by atoms with van der Waals surface area (Å²) < 4.78 is 32.8. The summed E-state index contributed by atoms with van der Waals surface area (Å²) in [5.74, 6) is 0. The highest BCUT2D eigenvalue weighted by Crippen LogP contribution is 2.18.